The minimum absolute atomic E-state index is 0.0642. The first-order valence-corrected chi connectivity index (χ1v) is 6.84. The molecule has 0 atom stereocenters. The van der Waals surface area contributed by atoms with Gasteiger partial charge < -0.3 is 15.7 Å². The van der Waals surface area contributed by atoms with Crippen LogP contribution in [0.15, 0.2) is 35.5 Å². The molecule has 0 amide bonds. The van der Waals surface area contributed by atoms with Crippen LogP contribution in [0.4, 0.5) is 0 Å². The van der Waals surface area contributed by atoms with E-state index in [2.05, 4.69) is 10.1 Å². The van der Waals surface area contributed by atoms with Crippen molar-refractivity contribution in [2.24, 2.45) is 10.9 Å². The van der Waals surface area contributed by atoms with Crippen LogP contribution in [-0.2, 0) is 6.42 Å². The lowest BCUT2D eigenvalue weighted by molar-refractivity contribution is 0.318. The summed E-state index contributed by atoms with van der Waals surface area (Å²) in [4.78, 5) is 4.44. The number of hydrogen-bond acceptors (Lipinski definition) is 4. The zero-order valence-corrected chi connectivity index (χ0v) is 12.6. The van der Waals surface area contributed by atoms with Gasteiger partial charge in [0.25, 0.3) is 0 Å². The Kier molecular flexibility index (Phi) is 4.65. The van der Waals surface area contributed by atoms with Gasteiger partial charge in [0, 0.05) is 10.7 Å². The number of benzene rings is 1. The summed E-state index contributed by atoms with van der Waals surface area (Å²) >= 11 is 5.94. The molecule has 0 spiro atoms. The van der Waals surface area contributed by atoms with E-state index in [1.54, 1.807) is 18.2 Å². The van der Waals surface area contributed by atoms with Gasteiger partial charge in [0.2, 0.25) is 0 Å². The first kappa shape index (κ1) is 15.1. The maximum absolute atomic E-state index is 8.86. The molecule has 5 nitrogen and oxygen atoms in total. The van der Waals surface area contributed by atoms with Gasteiger partial charge in [-0.05, 0) is 43.7 Å². The number of halogens is 1. The summed E-state index contributed by atoms with van der Waals surface area (Å²) < 4.78 is 5.87. The van der Waals surface area contributed by atoms with Crippen LogP contribution in [0.3, 0.4) is 0 Å². The monoisotopic (exact) mass is 305 g/mol. The number of aryl methyl sites for hydroxylation is 2. The summed E-state index contributed by atoms with van der Waals surface area (Å²) in [5.74, 6) is 1.03. The highest BCUT2D eigenvalue weighted by molar-refractivity contribution is 6.31. The Morgan fingerprint density at radius 2 is 2.05 bits per heavy atom. The summed E-state index contributed by atoms with van der Waals surface area (Å²) in [6.45, 7) is 3.92. The fourth-order valence-corrected chi connectivity index (χ4v) is 2.08. The number of amidine groups is 1. The first-order valence-electron chi connectivity index (χ1n) is 6.47. The smallest absolute Gasteiger partial charge is 0.173 e. The zero-order valence-electron chi connectivity index (χ0n) is 11.8. The molecular formula is C15H16ClN3O2. The fourth-order valence-electron chi connectivity index (χ4n) is 1.91. The molecule has 0 aliphatic heterocycles. The van der Waals surface area contributed by atoms with Crippen LogP contribution in [-0.4, -0.2) is 16.0 Å². The fraction of sp³-hybridized carbons (Fsp3) is 0.200. The van der Waals surface area contributed by atoms with E-state index in [1.165, 1.54) is 0 Å². The van der Waals surface area contributed by atoms with Crippen molar-refractivity contribution in [1.29, 1.82) is 0 Å². The van der Waals surface area contributed by atoms with Crippen molar-refractivity contribution in [2.75, 3.05) is 0 Å². The molecule has 0 saturated carbocycles. The minimum atomic E-state index is -0.0642. The van der Waals surface area contributed by atoms with Crippen LogP contribution in [0.2, 0.25) is 5.02 Å². The van der Waals surface area contributed by atoms with Crippen molar-refractivity contribution >= 4 is 17.4 Å². The molecule has 110 valence electrons. The molecule has 0 saturated heterocycles. The number of oxime groups is 1. The van der Waals surface area contributed by atoms with Gasteiger partial charge in [0.15, 0.2) is 5.84 Å². The summed E-state index contributed by atoms with van der Waals surface area (Å²) in [5, 5.41) is 12.3. The molecule has 0 unspecified atom stereocenters. The van der Waals surface area contributed by atoms with Crippen molar-refractivity contribution in [1.82, 2.24) is 4.98 Å². The standard InChI is InChI=1S/C15H16ClN3O2/c1-3-12-14(6-4-9(2)18-12)21-13-7-5-10(16)8-11(13)15(17)19-20/h4-8,20H,3H2,1-2H3,(H2,17,19). The van der Waals surface area contributed by atoms with E-state index in [1.807, 2.05) is 26.0 Å². The van der Waals surface area contributed by atoms with Gasteiger partial charge in [-0.15, -0.1) is 0 Å². The number of pyridine rings is 1. The molecule has 0 radical (unpaired) electrons. The molecule has 1 aromatic heterocycles. The summed E-state index contributed by atoms with van der Waals surface area (Å²) in [6, 6.07) is 8.66. The van der Waals surface area contributed by atoms with E-state index in [-0.39, 0.29) is 5.84 Å². The van der Waals surface area contributed by atoms with E-state index in [9.17, 15) is 0 Å². The van der Waals surface area contributed by atoms with Crippen molar-refractivity contribution in [3.63, 3.8) is 0 Å². The summed E-state index contributed by atoms with van der Waals surface area (Å²) in [5.41, 5.74) is 7.85. The van der Waals surface area contributed by atoms with Crippen LogP contribution in [0.25, 0.3) is 0 Å². The van der Waals surface area contributed by atoms with Gasteiger partial charge in [-0.2, -0.15) is 0 Å². The molecule has 3 N–H and O–H groups in total. The molecule has 6 heteroatoms. The molecule has 2 rings (SSSR count). The lowest BCUT2D eigenvalue weighted by Gasteiger charge is -2.13. The van der Waals surface area contributed by atoms with Crippen LogP contribution in [0.5, 0.6) is 11.5 Å². The third-order valence-electron chi connectivity index (χ3n) is 2.95. The highest BCUT2D eigenvalue weighted by Gasteiger charge is 2.12. The maximum Gasteiger partial charge on any atom is 0.173 e. The predicted molar refractivity (Wildman–Crippen MR) is 82.4 cm³/mol. The zero-order chi connectivity index (χ0) is 15.4. The highest BCUT2D eigenvalue weighted by Crippen LogP contribution is 2.29. The number of nitrogens with two attached hydrogens (primary N) is 1. The topological polar surface area (TPSA) is 80.7 Å². The number of nitrogens with zero attached hydrogens (tertiary/aromatic N) is 2. The van der Waals surface area contributed by atoms with Gasteiger partial charge in [0.1, 0.15) is 11.5 Å². The van der Waals surface area contributed by atoms with Crippen LogP contribution < -0.4 is 10.5 Å². The molecular weight excluding hydrogens is 290 g/mol. The second kappa shape index (κ2) is 6.45. The second-order valence-electron chi connectivity index (χ2n) is 4.48. The molecule has 0 bridgehead atoms. The van der Waals surface area contributed by atoms with Crippen LogP contribution >= 0.6 is 11.6 Å². The molecule has 0 aliphatic carbocycles. The van der Waals surface area contributed by atoms with Crippen molar-refractivity contribution in [3.05, 3.63) is 52.3 Å². The lowest BCUT2D eigenvalue weighted by Crippen LogP contribution is -2.14. The van der Waals surface area contributed by atoms with E-state index in [0.29, 0.717) is 22.1 Å². The minimum Gasteiger partial charge on any atom is -0.455 e. The summed E-state index contributed by atoms with van der Waals surface area (Å²) in [6.07, 6.45) is 0.740. The van der Waals surface area contributed by atoms with Gasteiger partial charge in [-0.25, -0.2) is 0 Å². The molecule has 1 aromatic carbocycles. The Morgan fingerprint density at radius 3 is 2.71 bits per heavy atom. The average Bonchev–Trinajstić information content (AvgIpc) is 2.49. The van der Waals surface area contributed by atoms with Gasteiger partial charge in [-0.3, -0.25) is 4.98 Å². The third kappa shape index (κ3) is 3.44. The SMILES string of the molecule is CCc1nc(C)ccc1Oc1ccc(Cl)cc1/C(N)=N/O. The molecule has 0 aliphatic rings. The molecule has 1 heterocycles. The number of ether oxygens (including phenoxy) is 1. The van der Waals surface area contributed by atoms with E-state index >= 15 is 0 Å². The molecule has 21 heavy (non-hydrogen) atoms. The number of rotatable bonds is 4. The normalized spacial score (nSPS) is 11.5. The lowest BCUT2D eigenvalue weighted by atomic mass is 10.2. The largest absolute Gasteiger partial charge is 0.455 e. The quantitative estimate of drug-likeness (QED) is 0.392. The Morgan fingerprint density at radius 1 is 1.33 bits per heavy atom. The Labute approximate surface area is 128 Å². The third-order valence-corrected chi connectivity index (χ3v) is 3.19. The van der Waals surface area contributed by atoms with E-state index in [4.69, 9.17) is 27.3 Å². The first-order chi connectivity index (χ1) is 10.0. The summed E-state index contributed by atoms with van der Waals surface area (Å²) in [7, 11) is 0. The Bertz CT molecular complexity index is 687. The van der Waals surface area contributed by atoms with Crippen molar-refractivity contribution in [3.8, 4) is 11.5 Å². The van der Waals surface area contributed by atoms with Crippen molar-refractivity contribution in [2.45, 2.75) is 20.3 Å². The van der Waals surface area contributed by atoms with E-state index in [0.717, 1.165) is 17.8 Å². The second-order valence-corrected chi connectivity index (χ2v) is 4.92. The Hall–Kier alpha value is -2.27. The van der Waals surface area contributed by atoms with Crippen LogP contribution in [0, 0.1) is 6.92 Å². The van der Waals surface area contributed by atoms with Crippen molar-refractivity contribution < 1.29 is 9.94 Å². The number of aromatic nitrogens is 1. The van der Waals surface area contributed by atoms with Gasteiger partial charge in [0.05, 0.1) is 11.3 Å². The van der Waals surface area contributed by atoms with E-state index < -0.39 is 0 Å². The predicted octanol–water partition coefficient (Wildman–Crippen LogP) is 3.49. The van der Waals surface area contributed by atoms with Crippen LogP contribution in [0.1, 0.15) is 23.9 Å². The van der Waals surface area contributed by atoms with Gasteiger partial charge >= 0.3 is 0 Å². The molecule has 0 fully saturated rings. The van der Waals surface area contributed by atoms with Gasteiger partial charge in [-0.1, -0.05) is 23.7 Å². The number of hydrogen-bond donors (Lipinski definition) is 2. The maximum atomic E-state index is 8.86. The Balaban J connectivity index is 2.45. The highest BCUT2D eigenvalue weighted by atomic mass is 35.5. The average molecular weight is 306 g/mol. The molecule has 2 aromatic rings.